The largest absolute Gasteiger partial charge is 0.352 e. The molecule has 0 saturated carbocycles. The molecule has 3 aliphatic heterocycles. The summed E-state index contributed by atoms with van der Waals surface area (Å²) >= 11 is 6.19. The predicted octanol–water partition coefficient (Wildman–Crippen LogP) is 4.21. The zero-order chi connectivity index (χ0) is 21.9. The fraction of sp³-hybridized carbons (Fsp3) is 0.320. The van der Waals surface area contributed by atoms with Gasteiger partial charge in [-0.25, -0.2) is 0 Å². The van der Waals surface area contributed by atoms with Gasteiger partial charge in [-0.2, -0.15) is 0 Å². The van der Waals surface area contributed by atoms with Gasteiger partial charge in [0, 0.05) is 22.3 Å². The average Bonchev–Trinajstić information content (AvgIpc) is 3.26. The van der Waals surface area contributed by atoms with E-state index in [1.165, 1.54) is 4.90 Å². The summed E-state index contributed by atoms with van der Waals surface area (Å²) in [5, 5.41) is 0.599. The summed E-state index contributed by atoms with van der Waals surface area (Å²) in [6.07, 6.45) is 4.57. The lowest BCUT2D eigenvalue weighted by atomic mass is 9.86. The third kappa shape index (κ3) is 2.87. The van der Waals surface area contributed by atoms with E-state index in [2.05, 4.69) is 0 Å². The third-order valence-corrected chi connectivity index (χ3v) is 7.10. The lowest BCUT2D eigenvalue weighted by molar-refractivity contribution is -0.142. The van der Waals surface area contributed by atoms with Crippen LogP contribution >= 0.6 is 11.6 Å². The number of benzene rings is 2. The quantitative estimate of drug-likeness (QED) is 0.534. The summed E-state index contributed by atoms with van der Waals surface area (Å²) in [6, 6.07) is 13.2. The number of carbonyl (C=O) groups is 3. The van der Waals surface area contributed by atoms with Gasteiger partial charge in [0.15, 0.2) is 5.78 Å². The average molecular weight is 435 g/mol. The number of anilines is 1. The van der Waals surface area contributed by atoms with Crippen molar-refractivity contribution in [3.8, 4) is 0 Å². The van der Waals surface area contributed by atoms with Crippen molar-refractivity contribution in [2.45, 2.75) is 38.4 Å². The van der Waals surface area contributed by atoms with Gasteiger partial charge >= 0.3 is 0 Å². The summed E-state index contributed by atoms with van der Waals surface area (Å²) in [7, 11) is 0. The Morgan fingerprint density at radius 3 is 2.48 bits per heavy atom. The molecule has 5 rings (SSSR count). The van der Waals surface area contributed by atoms with Gasteiger partial charge in [0.25, 0.3) is 0 Å². The summed E-state index contributed by atoms with van der Waals surface area (Å²) in [6.45, 7) is 3.84. The Kier molecular flexibility index (Phi) is 4.74. The molecule has 2 aromatic rings. The molecule has 3 aliphatic rings. The van der Waals surface area contributed by atoms with E-state index in [4.69, 9.17) is 11.6 Å². The normalized spacial score (nSPS) is 27.2. The first kappa shape index (κ1) is 20.0. The lowest BCUT2D eigenvalue weighted by Gasteiger charge is -2.37. The highest BCUT2D eigenvalue weighted by atomic mass is 35.5. The summed E-state index contributed by atoms with van der Waals surface area (Å²) in [5.41, 5.74) is 2.25. The van der Waals surface area contributed by atoms with Gasteiger partial charge in [-0.05, 0) is 37.1 Å². The molecule has 0 N–H and O–H groups in total. The van der Waals surface area contributed by atoms with Crippen LogP contribution in [0.15, 0.2) is 54.6 Å². The fourth-order valence-corrected chi connectivity index (χ4v) is 5.44. The van der Waals surface area contributed by atoms with Crippen LogP contribution < -0.4 is 4.90 Å². The van der Waals surface area contributed by atoms with Crippen LogP contribution in [0, 0.1) is 11.8 Å². The van der Waals surface area contributed by atoms with Crippen LogP contribution in [0.2, 0.25) is 5.02 Å². The SMILES string of the molecule is CC[C@H](C)N1C(=O)[C@@H]2[C@H](C1=O)[C@H](C(=O)c1ccccc1)N1c3ccc(Cl)cc3C=C[C@@H]21. The highest BCUT2D eigenvalue weighted by molar-refractivity contribution is 6.30. The summed E-state index contributed by atoms with van der Waals surface area (Å²) in [5.74, 6) is -1.83. The zero-order valence-electron chi connectivity index (χ0n) is 17.4. The van der Waals surface area contributed by atoms with Gasteiger partial charge < -0.3 is 4.90 Å². The fourth-order valence-electron chi connectivity index (χ4n) is 5.26. The van der Waals surface area contributed by atoms with E-state index in [0.29, 0.717) is 17.0 Å². The molecule has 0 bridgehead atoms. The number of amides is 2. The first-order valence-corrected chi connectivity index (χ1v) is 11.0. The summed E-state index contributed by atoms with van der Waals surface area (Å²) < 4.78 is 0. The number of halogens is 1. The molecule has 2 saturated heterocycles. The number of nitrogens with zero attached hydrogens (tertiary/aromatic N) is 2. The maximum Gasteiger partial charge on any atom is 0.236 e. The molecule has 6 heteroatoms. The standard InChI is InChI=1S/C25H23ClN2O3/c1-3-14(2)27-24(30)20-19-11-9-16-13-17(26)10-12-18(16)28(19)22(21(20)25(27)31)23(29)15-7-5-4-6-8-15/h4-14,19-22H,3H2,1-2H3/t14-,19-,20-,21-,22+/m0/s1. The number of ketones is 1. The smallest absolute Gasteiger partial charge is 0.236 e. The second-order valence-electron chi connectivity index (χ2n) is 8.49. The number of imide groups is 1. The van der Waals surface area contributed by atoms with Gasteiger partial charge in [0.1, 0.15) is 6.04 Å². The van der Waals surface area contributed by atoms with Gasteiger partial charge in [-0.1, -0.05) is 61.0 Å². The van der Waals surface area contributed by atoms with E-state index in [9.17, 15) is 14.4 Å². The zero-order valence-corrected chi connectivity index (χ0v) is 18.1. The second kappa shape index (κ2) is 7.34. The van der Waals surface area contributed by atoms with Crippen LogP contribution in [0.3, 0.4) is 0 Å². The van der Waals surface area contributed by atoms with Crippen LogP contribution in [0.5, 0.6) is 0 Å². The van der Waals surface area contributed by atoms with Crippen LogP contribution in [0.1, 0.15) is 36.2 Å². The topological polar surface area (TPSA) is 57.7 Å². The Bertz CT molecular complexity index is 1110. The molecular formula is C25H23ClN2O3. The maximum atomic E-state index is 13.7. The van der Waals surface area contributed by atoms with Crippen LogP contribution in [-0.4, -0.2) is 40.6 Å². The molecule has 5 atom stereocenters. The number of hydrogen-bond donors (Lipinski definition) is 0. The maximum absolute atomic E-state index is 13.7. The van der Waals surface area contributed by atoms with E-state index in [-0.39, 0.29) is 29.7 Å². The van der Waals surface area contributed by atoms with E-state index in [0.717, 1.165) is 11.3 Å². The molecular weight excluding hydrogens is 412 g/mol. The molecule has 2 aromatic carbocycles. The van der Waals surface area contributed by atoms with E-state index >= 15 is 0 Å². The number of likely N-dealkylation sites (tertiary alicyclic amines) is 1. The van der Waals surface area contributed by atoms with Crippen molar-refractivity contribution in [1.82, 2.24) is 4.90 Å². The van der Waals surface area contributed by atoms with Crippen LogP contribution in [-0.2, 0) is 9.59 Å². The van der Waals surface area contributed by atoms with E-state index in [1.54, 1.807) is 18.2 Å². The molecule has 3 heterocycles. The molecule has 0 unspecified atom stereocenters. The van der Waals surface area contributed by atoms with Gasteiger partial charge in [0.2, 0.25) is 11.8 Å². The highest BCUT2D eigenvalue weighted by Crippen LogP contribution is 2.49. The van der Waals surface area contributed by atoms with Crippen molar-refractivity contribution in [2.75, 3.05) is 4.90 Å². The predicted molar refractivity (Wildman–Crippen MR) is 120 cm³/mol. The molecule has 0 spiro atoms. The van der Waals surface area contributed by atoms with Crippen LogP contribution in [0.4, 0.5) is 5.69 Å². The van der Waals surface area contributed by atoms with Gasteiger partial charge in [-0.15, -0.1) is 0 Å². The van der Waals surface area contributed by atoms with Crippen molar-refractivity contribution < 1.29 is 14.4 Å². The molecule has 2 fully saturated rings. The first-order valence-electron chi connectivity index (χ1n) is 10.7. The Morgan fingerprint density at radius 1 is 1.06 bits per heavy atom. The number of rotatable bonds is 4. The van der Waals surface area contributed by atoms with E-state index in [1.807, 2.05) is 61.2 Å². The van der Waals surface area contributed by atoms with E-state index < -0.39 is 17.9 Å². The Morgan fingerprint density at radius 2 is 1.77 bits per heavy atom. The molecule has 31 heavy (non-hydrogen) atoms. The van der Waals surface area contributed by atoms with Crippen molar-refractivity contribution >= 4 is 41.0 Å². The lowest BCUT2D eigenvalue weighted by Crippen LogP contribution is -2.50. The van der Waals surface area contributed by atoms with Gasteiger partial charge in [0.05, 0.1) is 17.9 Å². The number of carbonyl (C=O) groups excluding carboxylic acids is 3. The summed E-state index contributed by atoms with van der Waals surface area (Å²) in [4.78, 5) is 44.1. The third-order valence-electron chi connectivity index (χ3n) is 6.86. The minimum atomic E-state index is -0.743. The Labute approximate surface area is 186 Å². The minimum Gasteiger partial charge on any atom is -0.352 e. The van der Waals surface area contributed by atoms with Gasteiger partial charge in [-0.3, -0.25) is 19.3 Å². The number of Topliss-reactive ketones (excluding diaryl/α,β-unsaturated/α-hetero) is 1. The van der Waals surface area contributed by atoms with Crippen LogP contribution in [0.25, 0.3) is 6.08 Å². The Balaban J connectivity index is 1.66. The Hall–Kier alpha value is -2.92. The minimum absolute atomic E-state index is 0.138. The molecule has 5 nitrogen and oxygen atoms in total. The van der Waals surface area contributed by atoms with Crippen molar-refractivity contribution in [1.29, 1.82) is 0 Å². The van der Waals surface area contributed by atoms with Crippen molar-refractivity contribution in [3.05, 3.63) is 70.8 Å². The molecule has 158 valence electrons. The highest BCUT2D eigenvalue weighted by Gasteiger charge is 2.64. The second-order valence-corrected chi connectivity index (χ2v) is 8.93. The molecule has 0 radical (unpaired) electrons. The molecule has 0 aliphatic carbocycles. The monoisotopic (exact) mass is 434 g/mol. The first-order chi connectivity index (χ1) is 14.9. The van der Waals surface area contributed by atoms with Crippen molar-refractivity contribution in [2.24, 2.45) is 11.8 Å². The molecule has 2 amide bonds. The molecule has 0 aromatic heterocycles. The number of hydrogen-bond acceptors (Lipinski definition) is 4. The van der Waals surface area contributed by atoms with Crippen molar-refractivity contribution in [3.63, 3.8) is 0 Å². The number of fused-ring (bicyclic) bond motifs is 5.